The first-order chi connectivity index (χ1) is 11.2. The highest BCUT2D eigenvalue weighted by Gasteiger charge is 2.19. The Morgan fingerprint density at radius 3 is 2.46 bits per heavy atom. The average Bonchev–Trinajstić information content (AvgIpc) is 2.52. The summed E-state index contributed by atoms with van der Waals surface area (Å²) in [5, 5.41) is 5.93. The van der Waals surface area contributed by atoms with Gasteiger partial charge in [-0.05, 0) is 30.3 Å². The number of benzene rings is 2. The minimum absolute atomic E-state index is 0.0184. The third-order valence-corrected chi connectivity index (χ3v) is 4.60. The largest absolute Gasteiger partial charge is 0.495 e. The number of carbonyl (C=O) groups is 1. The Morgan fingerprint density at radius 2 is 1.88 bits per heavy atom. The molecule has 2 aromatic rings. The standard InChI is InChI=1S/C15H13Cl2NO5S/c1-22-13-5-3-9(6-14(13)24(18,20)21)15(19)23-8-10-2-4-11(16)7-12(10)17/h2-7H,8H2,1H3,(H2,18,20,21). The molecular weight excluding hydrogens is 377 g/mol. The lowest BCUT2D eigenvalue weighted by Crippen LogP contribution is -2.15. The Kier molecular flexibility index (Phi) is 5.71. The summed E-state index contributed by atoms with van der Waals surface area (Å²) < 4.78 is 33.2. The van der Waals surface area contributed by atoms with Crippen LogP contribution in [0.5, 0.6) is 5.75 Å². The lowest BCUT2D eigenvalue weighted by molar-refractivity contribution is 0.0472. The van der Waals surface area contributed by atoms with Gasteiger partial charge in [-0.25, -0.2) is 18.4 Å². The van der Waals surface area contributed by atoms with E-state index < -0.39 is 16.0 Å². The van der Waals surface area contributed by atoms with Gasteiger partial charge < -0.3 is 9.47 Å². The van der Waals surface area contributed by atoms with E-state index in [2.05, 4.69) is 0 Å². The van der Waals surface area contributed by atoms with Gasteiger partial charge in [0.25, 0.3) is 0 Å². The van der Waals surface area contributed by atoms with Gasteiger partial charge in [0.05, 0.1) is 12.7 Å². The number of esters is 1. The quantitative estimate of drug-likeness (QED) is 0.792. The zero-order chi connectivity index (χ0) is 17.9. The first kappa shape index (κ1) is 18.5. The predicted molar refractivity (Wildman–Crippen MR) is 89.9 cm³/mol. The fourth-order valence-corrected chi connectivity index (χ4v) is 3.08. The van der Waals surface area contributed by atoms with Gasteiger partial charge in [-0.1, -0.05) is 29.3 Å². The molecule has 2 aromatic carbocycles. The molecule has 6 nitrogen and oxygen atoms in total. The minimum atomic E-state index is -4.05. The molecule has 128 valence electrons. The molecule has 2 N–H and O–H groups in total. The van der Waals surface area contributed by atoms with E-state index in [1.165, 1.54) is 25.3 Å². The average molecular weight is 390 g/mol. The molecule has 2 rings (SSSR count). The van der Waals surface area contributed by atoms with Gasteiger partial charge in [-0.2, -0.15) is 0 Å². The molecule has 0 unspecified atom stereocenters. The van der Waals surface area contributed by atoms with Gasteiger partial charge >= 0.3 is 5.97 Å². The molecule has 0 aromatic heterocycles. The molecular formula is C15H13Cl2NO5S. The van der Waals surface area contributed by atoms with Gasteiger partial charge in [0, 0.05) is 15.6 Å². The Morgan fingerprint density at radius 1 is 1.17 bits per heavy atom. The number of methoxy groups -OCH3 is 1. The molecule has 0 bridgehead atoms. The van der Waals surface area contributed by atoms with Crippen LogP contribution in [0.2, 0.25) is 10.0 Å². The summed E-state index contributed by atoms with van der Waals surface area (Å²) in [4.78, 5) is 11.8. The summed E-state index contributed by atoms with van der Waals surface area (Å²) in [5.74, 6) is -0.691. The van der Waals surface area contributed by atoms with E-state index in [4.69, 9.17) is 37.8 Å². The Hall–Kier alpha value is -1.80. The topological polar surface area (TPSA) is 95.7 Å². The molecule has 0 atom stereocenters. The molecule has 0 amide bonds. The molecule has 0 heterocycles. The molecule has 0 aliphatic heterocycles. The SMILES string of the molecule is COc1ccc(C(=O)OCc2ccc(Cl)cc2Cl)cc1S(N)(=O)=O. The highest BCUT2D eigenvalue weighted by atomic mass is 35.5. The van der Waals surface area contributed by atoms with Gasteiger partial charge in [0.1, 0.15) is 17.3 Å². The molecule has 0 radical (unpaired) electrons. The zero-order valence-electron chi connectivity index (χ0n) is 12.5. The second-order valence-electron chi connectivity index (χ2n) is 4.72. The van der Waals surface area contributed by atoms with E-state index in [0.29, 0.717) is 15.6 Å². The van der Waals surface area contributed by atoms with Crippen molar-refractivity contribution in [3.63, 3.8) is 0 Å². The molecule has 0 saturated carbocycles. The van der Waals surface area contributed by atoms with E-state index in [9.17, 15) is 13.2 Å². The van der Waals surface area contributed by atoms with Gasteiger partial charge in [0.15, 0.2) is 0 Å². The van der Waals surface area contributed by atoms with E-state index >= 15 is 0 Å². The maximum absolute atomic E-state index is 12.1. The number of carbonyl (C=O) groups excluding carboxylic acids is 1. The van der Waals surface area contributed by atoms with Crippen LogP contribution < -0.4 is 9.88 Å². The Labute approximate surface area is 149 Å². The maximum Gasteiger partial charge on any atom is 0.338 e. The number of hydrogen-bond donors (Lipinski definition) is 1. The minimum Gasteiger partial charge on any atom is -0.495 e. The van der Waals surface area contributed by atoms with Crippen LogP contribution in [-0.2, 0) is 21.4 Å². The smallest absolute Gasteiger partial charge is 0.338 e. The number of sulfonamides is 1. The normalized spacial score (nSPS) is 11.2. The molecule has 0 aliphatic carbocycles. The van der Waals surface area contributed by atoms with Gasteiger partial charge in [-0.15, -0.1) is 0 Å². The van der Waals surface area contributed by atoms with Crippen molar-refractivity contribution in [2.24, 2.45) is 5.14 Å². The first-order valence-electron chi connectivity index (χ1n) is 6.54. The summed E-state index contributed by atoms with van der Waals surface area (Å²) in [6.45, 7) is -0.0917. The molecule has 0 fully saturated rings. The number of primary sulfonamides is 1. The van der Waals surface area contributed by atoms with Gasteiger partial charge in [0.2, 0.25) is 10.0 Å². The maximum atomic E-state index is 12.1. The highest BCUT2D eigenvalue weighted by Crippen LogP contribution is 2.25. The van der Waals surface area contributed by atoms with Crippen molar-refractivity contribution in [3.8, 4) is 5.75 Å². The van der Waals surface area contributed by atoms with Crippen LogP contribution in [0.15, 0.2) is 41.3 Å². The van der Waals surface area contributed by atoms with Crippen LogP contribution >= 0.6 is 23.2 Å². The van der Waals surface area contributed by atoms with Crippen molar-refractivity contribution in [1.82, 2.24) is 0 Å². The monoisotopic (exact) mass is 389 g/mol. The second-order valence-corrected chi connectivity index (χ2v) is 7.10. The van der Waals surface area contributed by atoms with Crippen molar-refractivity contribution < 1.29 is 22.7 Å². The van der Waals surface area contributed by atoms with E-state index in [1.807, 2.05) is 0 Å². The predicted octanol–water partition coefficient (Wildman–Crippen LogP) is 3.01. The second kappa shape index (κ2) is 7.40. The van der Waals surface area contributed by atoms with Crippen LogP contribution in [0.4, 0.5) is 0 Å². The molecule has 0 saturated heterocycles. The lowest BCUT2D eigenvalue weighted by Gasteiger charge is -2.10. The molecule has 0 spiro atoms. The fraction of sp³-hybridized carbons (Fsp3) is 0.133. The van der Waals surface area contributed by atoms with Gasteiger partial charge in [-0.3, -0.25) is 0 Å². The highest BCUT2D eigenvalue weighted by molar-refractivity contribution is 7.89. The number of ether oxygens (including phenoxy) is 2. The number of halogens is 2. The fourth-order valence-electron chi connectivity index (χ4n) is 1.89. The number of nitrogens with two attached hydrogens (primary N) is 1. The van der Waals surface area contributed by atoms with Crippen LogP contribution in [0.3, 0.4) is 0 Å². The summed E-state index contributed by atoms with van der Waals surface area (Å²) in [5.41, 5.74) is 0.583. The van der Waals surface area contributed by atoms with Crippen LogP contribution in [-0.4, -0.2) is 21.5 Å². The third kappa shape index (κ3) is 4.39. The summed E-state index contributed by atoms with van der Waals surface area (Å²) in [6, 6.07) is 8.56. The molecule has 0 aliphatic rings. The molecule has 24 heavy (non-hydrogen) atoms. The van der Waals surface area contributed by atoms with Crippen molar-refractivity contribution in [1.29, 1.82) is 0 Å². The van der Waals surface area contributed by atoms with E-state index in [1.54, 1.807) is 12.1 Å². The summed E-state index contributed by atoms with van der Waals surface area (Å²) >= 11 is 11.8. The van der Waals surface area contributed by atoms with Crippen molar-refractivity contribution in [2.45, 2.75) is 11.5 Å². The number of hydrogen-bond acceptors (Lipinski definition) is 5. The summed E-state index contributed by atoms with van der Waals surface area (Å²) in [7, 11) is -2.75. The third-order valence-electron chi connectivity index (χ3n) is 3.08. The van der Waals surface area contributed by atoms with Crippen LogP contribution in [0.25, 0.3) is 0 Å². The van der Waals surface area contributed by atoms with Crippen molar-refractivity contribution in [3.05, 3.63) is 57.6 Å². The summed E-state index contributed by atoms with van der Waals surface area (Å²) in [6.07, 6.45) is 0. The lowest BCUT2D eigenvalue weighted by atomic mass is 10.2. The zero-order valence-corrected chi connectivity index (χ0v) is 14.8. The van der Waals surface area contributed by atoms with E-state index in [-0.39, 0.29) is 22.8 Å². The van der Waals surface area contributed by atoms with Crippen LogP contribution in [0.1, 0.15) is 15.9 Å². The number of rotatable bonds is 5. The van der Waals surface area contributed by atoms with E-state index in [0.717, 1.165) is 6.07 Å². The Bertz CT molecular complexity index is 883. The molecule has 9 heteroatoms. The first-order valence-corrected chi connectivity index (χ1v) is 8.84. The van der Waals surface area contributed by atoms with Crippen molar-refractivity contribution >= 4 is 39.2 Å². The Balaban J connectivity index is 2.21. The van der Waals surface area contributed by atoms with Crippen molar-refractivity contribution in [2.75, 3.05) is 7.11 Å². The van der Waals surface area contributed by atoms with Crippen LogP contribution in [0, 0.1) is 0 Å².